The van der Waals surface area contributed by atoms with Crippen molar-refractivity contribution in [2.45, 2.75) is 77.4 Å². The number of alkyl halides is 3. The third-order valence-electron chi connectivity index (χ3n) is 5.44. The fourth-order valence-corrected chi connectivity index (χ4v) is 3.82. The Balaban J connectivity index is 2.13. The lowest BCUT2D eigenvalue weighted by atomic mass is 9.87. The SMILES string of the molecule is CC(C)(C)CC(NC(=O)C1CCCO1)C(=O)NC(CC1CCNC1=O)C(=O)COC(F)(F)F. The van der Waals surface area contributed by atoms with Crippen molar-refractivity contribution >= 4 is 23.5 Å². The number of hydrogen-bond donors (Lipinski definition) is 3. The Labute approximate surface area is 190 Å². The molecule has 33 heavy (non-hydrogen) atoms. The largest absolute Gasteiger partial charge is 0.522 e. The van der Waals surface area contributed by atoms with E-state index in [1.54, 1.807) is 0 Å². The highest BCUT2D eigenvalue weighted by molar-refractivity contribution is 5.94. The summed E-state index contributed by atoms with van der Waals surface area (Å²) in [5, 5.41) is 7.68. The van der Waals surface area contributed by atoms with Crippen molar-refractivity contribution < 1.29 is 41.8 Å². The summed E-state index contributed by atoms with van der Waals surface area (Å²) in [4.78, 5) is 50.0. The minimum Gasteiger partial charge on any atom is -0.368 e. The number of ether oxygens (including phenoxy) is 2. The second-order valence-corrected chi connectivity index (χ2v) is 9.60. The summed E-state index contributed by atoms with van der Waals surface area (Å²) < 4.78 is 46.3. The molecule has 2 rings (SSSR count). The van der Waals surface area contributed by atoms with Gasteiger partial charge < -0.3 is 20.7 Å². The van der Waals surface area contributed by atoms with Crippen LogP contribution in [-0.2, 0) is 28.7 Å². The molecule has 0 radical (unpaired) electrons. The lowest BCUT2D eigenvalue weighted by Crippen LogP contribution is -2.55. The summed E-state index contributed by atoms with van der Waals surface area (Å²) >= 11 is 0. The topological polar surface area (TPSA) is 123 Å². The van der Waals surface area contributed by atoms with Gasteiger partial charge in [-0.15, -0.1) is 13.2 Å². The average molecular weight is 479 g/mol. The van der Waals surface area contributed by atoms with Crippen molar-refractivity contribution in [1.29, 1.82) is 0 Å². The Kier molecular flexibility index (Phi) is 9.24. The van der Waals surface area contributed by atoms with Gasteiger partial charge in [-0.3, -0.25) is 23.9 Å². The smallest absolute Gasteiger partial charge is 0.368 e. The number of carbonyl (C=O) groups is 4. The van der Waals surface area contributed by atoms with Crippen LogP contribution in [0.25, 0.3) is 0 Å². The summed E-state index contributed by atoms with van der Waals surface area (Å²) in [6.07, 6.45) is -4.03. The zero-order chi connectivity index (χ0) is 24.8. The van der Waals surface area contributed by atoms with Gasteiger partial charge in [-0.25, -0.2) is 0 Å². The molecule has 3 N–H and O–H groups in total. The molecule has 0 aromatic carbocycles. The van der Waals surface area contributed by atoms with E-state index in [9.17, 15) is 32.3 Å². The minimum atomic E-state index is -5.01. The second kappa shape index (κ2) is 11.3. The number of amides is 3. The molecule has 3 amide bonds. The standard InChI is InChI=1S/C21H32F3N3O6/c1-20(2,3)10-14(27-19(31)16-5-4-8-32-16)18(30)26-13(9-12-6-7-25-17(12)29)15(28)11-33-21(22,23)24/h12-14,16H,4-11H2,1-3H3,(H,25,29)(H,26,30)(H,27,31). The summed E-state index contributed by atoms with van der Waals surface area (Å²) in [5.41, 5.74) is -0.393. The third kappa shape index (κ3) is 9.28. The Morgan fingerprint density at radius 2 is 1.85 bits per heavy atom. The number of nitrogens with one attached hydrogen (secondary N) is 3. The van der Waals surface area contributed by atoms with Crippen LogP contribution in [0.1, 0.15) is 52.9 Å². The molecule has 0 aromatic rings. The molecule has 2 saturated heterocycles. The number of rotatable bonds is 10. The Bertz CT molecular complexity index is 732. The molecule has 0 aliphatic carbocycles. The maximum Gasteiger partial charge on any atom is 0.522 e. The molecule has 2 aliphatic heterocycles. The van der Waals surface area contributed by atoms with E-state index in [1.807, 2.05) is 20.8 Å². The first-order chi connectivity index (χ1) is 15.2. The molecule has 188 valence electrons. The predicted octanol–water partition coefficient (Wildman–Crippen LogP) is 1.20. The zero-order valence-electron chi connectivity index (χ0n) is 19.0. The number of hydrogen-bond acceptors (Lipinski definition) is 6. The fraction of sp³-hybridized carbons (Fsp3) is 0.810. The van der Waals surface area contributed by atoms with Gasteiger partial charge in [0.05, 0.1) is 6.04 Å². The van der Waals surface area contributed by atoms with Crippen LogP contribution in [0.2, 0.25) is 0 Å². The molecule has 2 fully saturated rings. The number of carbonyl (C=O) groups excluding carboxylic acids is 4. The van der Waals surface area contributed by atoms with Crippen LogP contribution in [0, 0.1) is 11.3 Å². The van der Waals surface area contributed by atoms with Crippen molar-refractivity contribution in [2.24, 2.45) is 11.3 Å². The quantitative estimate of drug-likeness (QED) is 0.433. The van der Waals surface area contributed by atoms with Gasteiger partial charge in [0.1, 0.15) is 18.8 Å². The molecule has 4 atom stereocenters. The molecule has 0 spiro atoms. The second-order valence-electron chi connectivity index (χ2n) is 9.60. The first-order valence-corrected chi connectivity index (χ1v) is 11.0. The summed E-state index contributed by atoms with van der Waals surface area (Å²) in [6.45, 7) is 5.08. The number of Topliss-reactive ketones (excluding diaryl/α,β-unsaturated/α-hetero) is 1. The van der Waals surface area contributed by atoms with Crippen molar-refractivity contribution in [3.8, 4) is 0 Å². The minimum absolute atomic E-state index is 0.167. The highest BCUT2D eigenvalue weighted by Gasteiger charge is 2.37. The molecule has 2 heterocycles. The molecule has 4 unspecified atom stereocenters. The molecule has 0 aromatic heterocycles. The summed E-state index contributed by atoms with van der Waals surface area (Å²) in [6, 6.07) is -2.42. The van der Waals surface area contributed by atoms with Gasteiger partial charge in [0.15, 0.2) is 5.78 Å². The van der Waals surface area contributed by atoms with E-state index in [0.717, 1.165) is 0 Å². The van der Waals surface area contributed by atoms with E-state index in [1.165, 1.54) is 0 Å². The highest BCUT2D eigenvalue weighted by atomic mass is 19.4. The average Bonchev–Trinajstić information content (AvgIpc) is 3.35. The number of halogens is 3. The van der Waals surface area contributed by atoms with E-state index in [4.69, 9.17) is 4.74 Å². The lowest BCUT2D eigenvalue weighted by molar-refractivity contribution is -0.321. The van der Waals surface area contributed by atoms with Gasteiger partial charge in [0, 0.05) is 19.1 Å². The first kappa shape index (κ1) is 27.0. The number of ketones is 1. The lowest BCUT2D eigenvalue weighted by Gasteiger charge is -2.29. The van der Waals surface area contributed by atoms with E-state index in [-0.39, 0.29) is 18.7 Å². The van der Waals surface area contributed by atoms with Crippen molar-refractivity contribution in [3.63, 3.8) is 0 Å². The molecule has 2 aliphatic rings. The Hall–Kier alpha value is -2.21. The maximum atomic E-state index is 13.1. The Morgan fingerprint density at radius 3 is 2.36 bits per heavy atom. The fourth-order valence-electron chi connectivity index (χ4n) is 3.82. The van der Waals surface area contributed by atoms with Gasteiger partial charge in [-0.2, -0.15) is 0 Å². The van der Waals surface area contributed by atoms with E-state index < -0.39 is 60.1 Å². The van der Waals surface area contributed by atoms with Crippen LogP contribution in [-0.4, -0.2) is 67.8 Å². The molecule has 12 heteroatoms. The van der Waals surface area contributed by atoms with Gasteiger partial charge in [0.2, 0.25) is 17.7 Å². The van der Waals surface area contributed by atoms with Crippen LogP contribution >= 0.6 is 0 Å². The molecular weight excluding hydrogens is 447 g/mol. The third-order valence-corrected chi connectivity index (χ3v) is 5.44. The van der Waals surface area contributed by atoms with E-state index in [2.05, 4.69) is 20.7 Å². The highest BCUT2D eigenvalue weighted by Crippen LogP contribution is 2.23. The van der Waals surface area contributed by atoms with Crippen LogP contribution in [0.3, 0.4) is 0 Å². The van der Waals surface area contributed by atoms with E-state index in [0.29, 0.717) is 32.4 Å². The molecular formula is C21H32F3N3O6. The monoisotopic (exact) mass is 479 g/mol. The van der Waals surface area contributed by atoms with Crippen molar-refractivity contribution in [3.05, 3.63) is 0 Å². The van der Waals surface area contributed by atoms with Crippen LogP contribution < -0.4 is 16.0 Å². The van der Waals surface area contributed by atoms with Crippen molar-refractivity contribution in [1.82, 2.24) is 16.0 Å². The Morgan fingerprint density at radius 1 is 1.15 bits per heavy atom. The zero-order valence-corrected chi connectivity index (χ0v) is 19.0. The van der Waals surface area contributed by atoms with Crippen LogP contribution in [0.5, 0.6) is 0 Å². The predicted molar refractivity (Wildman–Crippen MR) is 110 cm³/mol. The molecule has 0 saturated carbocycles. The van der Waals surface area contributed by atoms with Gasteiger partial charge in [0.25, 0.3) is 0 Å². The van der Waals surface area contributed by atoms with Crippen LogP contribution in [0.15, 0.2) is 0 Å². The van der Waals surface area contributed by atoms with Gasteiger partial charge in [-0.05, 0) is 37.5 Å². The van der Waals surface area contributed by atoms with Gasteiger partial charge in [-0.1, -0.05) is 20.8 Å². The molecule has 0 bridgehead atoms. The van der Waals surface area contributed by atoms with Crippen molar-refractivity contribution in [2.75, 3.05) is 19.8 Å². The summed E-state index contributed by atoms with van der Waals surface area (Å²) in [5.74, 6) is -3.17. The first-order valence-electron chi connectivity index (χ1n) is 11.0. The van der Waals surface area contributed by atoms with E-state index >= 15 is 0 Å². The maximum absolute atomic E-state index is 13.1. The van der Waals surface area contributed by atoms with Crippen LogP contribution in [0.4, 0.5) is 13.2 Å². The normalized spacial score (nSPS) is 23.0. The van der Waals surface area contributed by atoms with Gasteiger partial charge >= 0.3 is 6.36 Å². The molecule has 9 nitrogen and oxygen atoms in total. The summed E-state index contributed by atoms with van der Waals surface area (Å²) in [7, 11) is 0.